The molecule has 17 heavy (non-hydrogen) atoms. The van der Waals surface area contributed by atoms with Crippen molar-refractivity contribution in [1.29, 1.82) is 0 Å². The van der Waals surface area contributed by atoms with Crippen LogP contribution >= 0.6 is 22.6 Å². The summed E-state index contributed by atoms with van der Waals surface area (Å²) in [5.74, 6) is 1.17. The highest BCUT2D eigenvalue weighted by Crippen LogP contribution is 2.40. The molecule has 0 amide bonds. The third kappa shape index (κ3) is 3.22. The van der Waals surface area contributed by atoms with Crippen LogP contribution in [0.1, 0.15) is 50.7 Å². The molecule has 0 spiro atoms. The maximum atomic E-state index is 10.5. The number of aliphatic hydroxyl groups excluding tert-OH is 1. The SMILES string of the molecule is CCC1CCCCC1C(O)c1ccc(I)cc1. The summed E-state index contributed by atoms with van der Waals surface area (Å²) in [5.41, 5.74) is 1.09. The van der Waals surface area contributed by atoms with Gasteiger partial charge in [-0.25, -0.2) is 0 Å². The first kappa shape index (κ1) is 13.3. The molecule has 3 atom stereocenters. The summed E-state index contributed by atoms with van der Waals surface area (Å²) in [4.78, 5) is 0. The molecular formula is C15H21IO. The van der Waals surface area contributed by atoms with Crippen molar-refractivity contribution < 1.29 is 5.11 Å². The predicted molar refractivity (Wildman–Crippen MR) is 79.9 cm³/mol. The lowest BCUT2D eigenvalue weighted by molar-refractivity contribution is 0.0452. The van der Waals surface area contributed by atoms with Gasteiger partial charge in [-0.1, -0.05) is 44.7 Å². The lowest BCUT2D eigenvalue weighted by atomic mass is 9.73. The highest BCUT2D eigenvalue weighted by Gasteiger charge is 2.30. The zero-order valence-corrected chi connectivity index (χ0v) is 12.6. The van der Waals surface area contributed by atoms with Gasteiger partial charge in [0.05, 0.1) is 6.10 Å². The monoisotopic (exact) mass is 344 g/mol. The van der Waals surface area contributed by atoms with Crippen LogP contribution in [0.25, 0.3) is 0 Å². The van der Waals surface area contributed by atoms with Gasteiger partial charge in [0.1, 0.15) is 0 Å². The maximum absolute atomic E-state index is 10.5. The fraction of sp³-hybridized carbons (Fsp3) is 0.600. The molecule has 1 aromatic carbocycles. The highest BCUT2D eigenvalue weighted by molar-refractivity contribution is 14.1. The lowest BCUT2D eigenvalue weighted by Crippen LogP contribution is -2.25. The van der Waals surface area contributed by atoms with Gasteiger partial charge in [0.25, 0.3) is 0 Å². The summed E-state index contributed by atoms with van der Waals surface area (Å²) in [6.07, 6.45) is 6.04. The lowest BCUT2D eigenvalue weighted by Gasteiger charge is -2.34. The Morgan fingerprint density at radius 2 is 1.88 bits per heavy atom. The minimum absolute atomic E-state index is 0.266. The van der Waals surface area contributed by atoms with Crippen molar-refractivity contribution in [2.24, 2.45) is 11.8 Å². The highest BCUT2D eigenvalue weighted by atomic mass is 127. The van der Waals surface area contributed by atoms with E-state index in [-0.39, 0.29) is 6.10 Å². The summed E-state index contributed by atoms with van der Waals surface area (Å²) in [6.45, 7) is 2.25. The van der Waals surface area contributed by atoms with E-state index in [0.717, 1.165) is 5.56 Å². The van der Waals surface area contributed by atoms with E-state index in [9.17, 15) is 5.11 Å². The number of hydrogen-bond donors (Lipinski definition) is 1. The zero-order valence-electron chi connectivity index (χ0n) is 10.4. The number of benzene rings is 1. The average molecular weight is 344 g/mol. The zero-order chi connectivity index (χ0) is 12.3. The third-order valence-electron chi connectivity index (χ3n) is 4.11. The first-order valence-corrected chi connectivity index (χ1v) is 7.73. The van der Waals surface area contributed by atoms with Crippen LogP contribution in [-0.2, 0) is 0 Å². The molecule has 0 heterocycles. The Hall–Kier alpha value is -0.0900. The van der Waals surface area contributed by atoms with E-state index >= 15 is 0 Å². The smallest absolute Gasteiger partial charge is 0.0820 e. The van der Waals surface area contributed by atoms with Gasteiger partial charge in [-0.3, -0.25) is 0 Å². The number of aliphatic hydroxyl groups is 1. The Kier molecular flexibility index (Phi) is 4.86. The molecule has 1 aromatic rings. The molecule has 2 rings (SSSR count). The van der Waals surface area contributed by atoms with Crippen molar-refractivity contribution in [1.82, 2.24) is 0 Å². The largest absolute Gasteiger partial charge is 0.388 e. The molecule has 1 saturated carbocycles. The van der Waals surface area contributed by atoms with Gasteiger partial charge in [0.15, 0.2) is 0 Å². The van der Waals surface area contributed by atoms with Crippen LogP contribution in [0.5, 0.6) is 0 Å². The van der Waals surface area contributed by atoms with Gasteiger partial charge in [-0.2, -0.15) is 0 Å². The van der Waals surface area contributed by atoms with Crippen LogP contribution in [0.15, 0.2) is 24.3 Å². The standard InChI is InChI=1S/C15H21IO/c1-2-11-5-3-4-6-14(11)15(17)12-7-9-13(16)10-8-12/h7-11,14-15,17H,2-6H2,1H3. The normalized spacial score (nSPS) is 26.8. The topological polar surface area (TPSA) is 20.2 Å². The first-order chi connectivity index (χ1) is 8.22. The van der Waals surface area contributed by atoms with Crippen LogP contribution in [0.3, 0.4) is 0 Å². The van der Waals surface area contributed by atoms with Crippen LogP contribution in [0.2, 0.25) is 0 Å². The molecule has 0 aliphatic heterocycles. The van der Waals surface area contributed by atoms with Crippen molar-refractivity contribution in [3.63, 3.8) is 0 Å². The quantitative estimate of drug-likeness (QED) is 0.798. The second-order valence-electron chi connectivity index (χ2n) is 5.11. The molecule has 94 valence electrons. The Balaban J connectivity index is 2.12. The molecule has 0 saturated heterocycles. The number of hydrogen-bond acceptors (Lipinski definition) is 1. The Morgan fingerprint density at radius 3 is 2.53 bits per heavy atom. The van der Waals surface area contributed by atoms with Gasteiger partial charge >= 0.3 is 0 Å². The average Bonchev–Trinajstić information content (AvgIpc) is 2.39. The number of rotatable bonds is 3. The summed E-state index contributed by atoms with van der Waals surface area (Å²) >= 11 is 2.30. The summed E-state index contributed by atoms with van der Waals surface area (Å²) in [7, 11) is 0. The second-order valence-corrected chi connectivity index (χ2v) is 6.36. The maximum Gasteiger partial charge on any atom is 0.0820 e. The van der Waals surface area contributed by atoms with Gasteiger partial charge in [-0.15, -0.1) is 0 Å². The van der Waals surface area contributed by atoms with Crippen molar-refractivity contribution >= 4 is 22.6 Å². The minimum atomic E-state index is -0.266. The Labute approximate surface area is 118 Å². The predicted octanol–water partition coefficient (Wildman–Crippen LogP) is 4.54. The molecule has 1 aliphatic carbocycles. The molecular weight excluding hydrogens is 323 g/mol. The van der Waals surface area contributed by atoms with Crippen molar-refractivity contribution in [3.05, 3.63) is 33.4 Å². The van der Waals surface area contributed by atoms with E-state index in [0.29, 0.717) is 11.8 Å². The first-order valence-electron chi connectivity index (χ1n) is 6.66. The van der Waals surface area contributed by atoms with Crippen LogP contribution in [0.4, 0.5) is 0 Å². The van der Waals surface area contributed by atoms with Gasteiger partial charge in [0.2, 0.25) is 0 Å². The minimum Gasteiger partial charge on any atom is -0.388 e. The van der Waals surface area contributed by atoms with E-state index in [4.69, 9.17) is 0 Å². The molecule has 1 N–H and O–H groups in total. The molecule has 1 fully saturated rings. The fourth-order valence-corrected chi connectivity index (χ4v) is 3.43. The van der Waals surface area contributed by atoms with E-state index in [1.165, 1.54) is 35.7 Å². The molecule has 2 heteroatoms. The Morgan fingerprint density at radius 1 is 1.24 bits per heavy atom. The molecule has 0 radical (unpaired) electrons. The molecule has 0 aromatic heterocycles. The van der Waals surface area contributed by atoms with Gasteiger partial charge < -0.3 is 5.11 Å². The van der Waals surface area contributed by atoms with Crippen LogP contribution < -0.4 is 0 Å². The van der Waals surface area contributed by atoms with Crippen LogP contribution in [-0.4, -0.2) is 5.11 Å². The van der Waals surface area contributed by atoms with Crippen LogP contribution in [0, 0.1) is 15.4 Å². The van der Waals surface area contributed by atoms with Crippen molar-refractivity contribution in [2.45, 2.75) is 45.1 Å². The number of halogens is 1. The summed E-state index contributed by atoms with van der Waals surface area (Å²) in [5, 5.41) is 10.5. The fourth-order valence-electron chi connectivity index (χ4n) is 3.07. The molecule has 3 unspecified atom stereocenters. The van der Waals surface area contributed by atoms with Crippen molar-refractivity contribution in [3.8, 4) is 0 Å². The third-order valence-corrected chi connectivity index (χ3v) is 4.83. The second kappa shape index (κ2) is 6.19. The van der Waals surface area contributed by atoms with E-state index in [1.807, 2.05) is 0 Å². The van der Waals surface area contributed by atoms with Gasteiger partial charge in [-0.05, 0) is 58.5 Å². The van der Waals surface area contributed by atoms with E-state index < -0.39 is 0 Å². The molecule has 0 bridgehead atoms. The summed E-state index contributed by atoms with van der Waals surface area (Å²) < 4.78 is 1.23. The van der Waals surface area contributed by atoms with Gasteiger partial charge in [0, 0.05) is 3.57 Å². The van der Waals surface area contributed by atoms with Crippen molar-refractivity contribution in [2.75, 3.05) is 0 Å². The summed E-state index contributed by atoms with van der Waals surface area (Å²) in [6, 6.07) is 8.33. The Bertz CT molecular complexity index is 346. The molecule has 1 nitrogen and oxygen atoms in total. The molecule has 1 aliphatic rings. The van der Waals surface area contributed by atoms with E-state index in [2.05, 4.69) is 53.8 Å². The van der Waals surface area contributed by atoms with E-state index in [1.54, 1.807) is 0 Å².